The van der Waals surface area contributed by atoms with Crippen molar-refractivity contribution < 1.29 is 14.0 Å². The SMILES string of the molecule is O=C(Nc1ccc(F)cc1)c1nnc([C@H]2CCCN(C(=O)Cc3cccs3)C2)s1. The molecule has 1 N–H and O–H groups in total. The number of carbonyl (C=O) groups excluding carboxylic acids is 2. The molecule has 1 fully saturated rings. The lowest BCUT2D eigenvalue weighted by atomic mass is 9.98. The van der Waals surface area contributed by atoms with E-state index in [4.69, 9.17) is 0 Å². The van der Waals surface area contributed by atoms with Gasteiger partial charge < -0.3 is 10.2 Å². The minimum Gasteiger partial charge on any atom is -0.342 e. The van der Waals surface area contributed by atoms with E-state index in [0.717, 1.165) is 29.3 Å². The van der Waals surface area contributed by atoms with Crippen molar-refractivity contribution in [3.8, 4) is 0 Å². The molecule has 150 valence electrons. The van der Waals surface area contributed by atoms with Gasteiger partial charge >= 0.3 is 0 Å². The van der Waals surface area contributed by atoms with Crippen molar-refractivity contribution in [3.05, 3.63) is 62.5 Å². The van der Waals surface area contributed by atoms with Crippen molar-refractivity contribution in [3.63, 3.8) is 0 Å². The number of carbonyl (C=O) groups is 2. The highest BCUT2D eigenvalue weighted by Crippen LogP contribution is 2.30. The summed E-state index contributed by atoms with van der Waals surface area (Å²) in [4.78, 5) is 27.9. The van der Waals surface area contributed by atoms with Gasteiger partial charge in [0.1, 0.15) is 10.8 Å². The Hall–Kier alpha value is -2.65. The summed E-state index contributed by atoms with van der Waals surface area (Å²) >= 11 is 2.83. The average Bonchev–Trinajstić information content (AvgIpc) is 3.42. The molecule has 1 aliphatic rings. The first-order valence-corrected chi connectivity index (χ1v) is 11.0. The van der Waals surface area contributed by atoms with Gasteiger partial charge in [0, 0.05) is 29.6 Å². The Bertz CT molecular complexity index is 988. The largest absolute Gasteiger partial charge is 0.342 e. The average molecular weight is 431 g/mol. The highest BCUT2D eigenvalue weighted by Gasteiger charge is 2.28. The van der Waals surface area contributed by atoms with Crippen molar-refractivity contribution in [1.82, 2.24) is 15.1 Å². The van der Waals surface area contributed by atoms with Crippen molar-refractivity contribution >= 4 is 40.2 Å². The maximum Gasteiger partial charge on any atom is 0.286 e. The number of anilines is 1. The van der Waals surface area contributed by atoms with Crippen molar-refractivity contribution in [1.29, 1.82) is 0 Å². The maximum absolute atomic E-state index is 13.0. The van der Waals surface area contributed by atoms with Crippen LogP contribution in [-0.2, 0) is 11.2 Å². The second-order valence-corrected chi connectivity index (χ2v) is 8.88. The number of nitrogens with one attached hydrogen (secondary N) is 1. The molecule has 1 saturated heterocycles. The number of rotatable bonds is 5. The number of piperidine rings is 1. The molecule has 1 atom stereocenters. The third-order valence-electron chi connectivity index (χ3n) is 4.77. The van der Waals surface area contributed by atoms with Gasteiger partial charge in [0.2, 0.25) is 10.9 Å². The van der Waals surface area contributed by atoms with E-state index in [-0.39, 0.29) is 28.6 Å². The Morgan fingerprint density at radius 2 is 2.03 bits per heavy atom. The minimum atomic E-state index is -0.373. The van der Waals surface area contributed by atoms with Crippen LogP contribution in [0.1, 0.15) is 38.4 Å². The number of aromatic nitrogens is 2. The first-order chi connectivity index (χ1) is 14.1. The van der Waals surface area contributed by atoms with Gasteiger partial charge in [-0.3, -0.25) is 9.59 Å². The van der Waals surface area contributed by atoms with Crippen LogP contribution in [0, 0.1) is 5.82 Å². The monoisotopic (exact) mass is 430 g/mol. The summed E-state index contributed by atoms with van der Waals surface area (Å²) in [6.07, 6.45) is 2.24. The molecule has 2 amide bonds. The maximum atomic E-state index is 13.0. The standard InChI is InChI=1S/C20H19FN4O2S2/c21-14-5-7-15(8-6-14)22-18(27)20-24-23-19(29-20)13-3-1-9-25(12-13)17(26)11-16-4-2-10-28-16/h2,4-8,10,13H,1,3,9,11-12H2,(H,22,27)/t13-/m0/s1. The van der Waals surface area contributed by atoms with Crippen LogP contribution in [0.25, 0.3) is 0 Å². The van der Waals surface area contributed by atoms with Gasteiger partial charge in [0.25, 0.3) is 5.91 Å². The number of nitrogens with zero attached hydrogens (tertiary/aromatic N) is 3. The molecule has 1 aromatic carbocycles. The van der Waals surface area contributed by atoms with Crippen LogP contribution in [0.2, 0.25) is 0 Å². The van der Waals surface area contributed by atoms with E-state index in [9.17, 15) is 14.0 Å². The predicted octanol–water partition coefficient (Wildman–Crippen LogP) is 3.94. The summed E-state index contributed by atoms with van der Waals surface area (Å²) in [6, 6.07) is 9.48. The third kappa shape index (κ3) is 4.86. The molecule has 0 spiro atoms. The molecule has 0 unspecified atom stereocenters. The molecule has 0 bridgehead atoms. The molecular weight excluding hydrogens is 411 g/mol. The number of hydrogen-bond donors (Lipinski definition) is 1. The van der Waals surface area contributed by atoms with Crippen LogP contribution < -0.4 is 5.32 Å². The van der Waals surface area contributed by atoms with E-state index < -0.39 is 0 Å². The van der Waals surface area contributed by atoms with Gasteiger partial charge in [-0.05, 0) is 48.6 Å². The van der Waals surface area contributed by atoms with Crippen LogP contribution in [0.15, 0.2) is 41.8 Å². The zero-order chi connectivity index (χ0) is 20.2. The van der Waals surface area contributed by atoms with Crippen molar-refractivity contribution in [2.75, 3.05) is 18.4 Å². The summed E-state index contributed by atoms with van der Waals surface area (Å²) in [5, 5.41) is 13.9. The first-order valence-electron chi connectivity index (χ1n) is 9.29. The van der Waals surface area contributed by atoms with Crippen LogP contribution in [0.3, 0.4) is 0 Å². The molecule has 3 heterocycles. The Morgan fingerprint density at radius 3 is 2.79 bits per heavy atom. The fourth-order valence-electron chi connectivity index (χ4n) is 3.29. The number of hydrogen-bond acceptors (Lipinski definition) is 6. The van der Waals surface area contributed by atoms with Gasteiger partial charge in [-0.2, -0.15) is 0 Å². The summed E-state index contributed by atoms with van der Waals surface area (Å²) in [7, 11) is 0. The normalized spacial score (nSPS) is 16.6. The molecule has 4 rings (SSSR count). The quantitative estimate of drug-likeness (QED) is 0.665. The lowest BCUT2D eigenvalue weighted by molar-refractivity contribution is -0.131. The second-order valence-electron chi connectivity index (χ2n) is 6.84. The molecule has 29 heavy (non-hydrogen) atoms. The lowest BCUT2D eigenvalue weighted by Gasteiger charge is -2.31. The summed E-state index contributed by atoms with van der Waals surface area (Å²) in [5.41, 5.74) is 0.496. The third-order valence-corrected chi connectivity index (χ3v) is 6.73. The van der Waals surface area contributed by atoms with E-state index in [1.807, 2.05) is 22.4 Å². The minimum absolute atomic E-state index is 0.0842. The Labute approximate surface area is 175 Å². The Kier molecular flexibility index (Phi) is 5.96. The summed E-state index contributed by atoms with van der Waals surface area (Å²) in [5.74, 6) is -0.532. The molecule has 3 aromatic rings. The highest BCUT2D eigenvalue weighted by molar-refractivity contribution is 7.13. The van der Waals surface area contributed by atoms with Gasteiger partial charge in [-0.25, -0.2) is 4.39 Å². The number of benzene rings is 1. The first kappa shape index (κ1) is 19.7. The van der Waals surface area contributed by atoms with Gasteiger partial charge in [0.05, 0.1) is 6.42 Å². The summed E-state index contributed by atoms with van der Waals surface area (Å²) < 4.78 is 13.0. The van der Waals surface area contributed by atoms with Crippen LogP contribution in [0.4, 0.5) is 10.1 Å². The van der Waals surface area contributed by atoms with Gasteiger partial charge in [0.15, 0.2) is 0 Å². The number of thiophene rings is 1. The fourth-order valence-corrected chi connectivity index (χ4v) is 4.85. The molecule has 9 heteroatoms. The molecule has 0 radical (unpaired) electrons. The zero-order valence-electron chi connectivity index (χ0n) is 15.5. The number of halogens is 1. The topological polar surface area (TPSA) is 75.2 Å². The number of likely N-dealkylation sites (tertiary alicyclic amines) is 1. The van der Waals surface area contributed by atoms with E-state index in [2.05, 4.69) is 15.5 Å². The highest BCUT2D eigenvalue weighted by atomic mass is 32.1. The summed E-state index contributed by atoms with van der Waals surface area (Å²) in [6.45, 7) is 1.34. The Balaban J connectivity index is 1.38. The molecule has 1 aliphatic heterocycles. The van der Waals surface area contributed by atoms with Gasteiger partial charge in [-0.1, -0.05) is 17.4 Å². The van der Waals surface area contributed by atoms with E-state index in [1.165, 1.54) is 35.6 Å². The van der Waals surface area contributed by atoms with Crippen molar-refractivity contribution in [2.45, 2.75) is 25.2 Å². The van der Waals surface area contributed by atoms with Crippen molar-refractivity contribution in [2.24, 2.45) is 0 Å². The zero-order valence-corrected chi connectivity index (χ0v) is 17.1. The predicted molar refractivity (Wildman–Crippen MR) is 111 cm³/mol. The molecule has 2 aromatic heterocycles. The molecule has 6 nitrogen and oxygen atoms in total. The lowest BCUT2D eigenvalue weighted by Crippen LogP contribution is -2.39. The van der Waals surface area contributed by atoms with Gasteiger partial charge in [-0.15, -0.1) is 21.5 Å². The fraction of sp³-hybridized carbons (Fsp3) is 0.300. The molecule has 0 aliphatic carbocycles. The molecule has 0 saturated carbocycles. The van der Waals surface area contributed by atoms with Crippen LogP contribution in [0.5, 0.6) is 0 Å². The smallest absolute Gasteiger partial charge is 0.286 e. The van der Waals surface area contributed by atoms with E-state index >= 15 is 0 Å². The van der Waals surface area contributed by atoms with Crippen LogP contribution >= 0.6 is 22.7 Å². The van der Waals surface area contributed by atoms with E-state index in [1.54, 1.807) is 11.3 Å². The second kappa shape index (κ2) is 8.79. The Morgan fingerprint density at radius 1 is 1.21 bits per heavy atom. The molecular formula is C20H19FN4O2S2. The van der Waals surface area contributed by atoms with E-state index in [0.29, 0.717) is 18.7 Å². The number of amides is 2. The van der Waals surface area contributed by atoms with Crippen LogP contribution in [-0.4, -0.2) is 40.0 Å².